The van der Waals surface area contributed by atoms with Gasteiger partial charge in [-0.1, -0.05) is 62.4 Å². The van der Waals surface area contributed by atoms with Crippen LogP contribution in [-0.2, 0) is 86.1 Å². The molecule has 0 bridgehead atoms. The Labute approximate surface area is 512 Å². The van der Waals surface area contributed by atoms with Crippen molar-refractivity contribution in [2.24, 2.45) is 17.8 Å². The second kappa shape index (κ2) is 29.7. The quantitative estimate of drug-likeness (QED) is 0.0242. The molecule has 1 aromatic heterocycles. The number of carbonyl (C=O) groups is 4. The summed E-state index contributed by atoms with van der Waals surface area (Å²) in [7, 11) is -15.4. The minimum absolute atomic E-state index is 0.0167. The molecular weight excluding hydrogens is 1240 g/mol. The second-order valence-corrected chi connectivity index (χ2v) is 27.2. The van der Waals surface area contributed by atoms with Gasteiger partial charge in [0.15, 0.2) is 24.8 Å². The average molecular weight is 1310 g/mol. The van der Waals surface area contributed by atoms with Gasteiger partial charge in [-0.05, 0) is 105 Å². The molecule has 15 atom stereocenters. The lowest BCUT2D eigenvalue weighted by Gasteiger charge is -2.48. The van der Waals surface area contributed by atoms with E-state index in [0.717, 1.165) is 32.1 Å². The molecular formula is C56H75N5O25S3. The fraction of sp³-hybridized carbons (Fsp3) is 0.607. The predicted molar refractivity (Wildman–Crippen MR) is 306 cm³/mol. The van der Waals surface area contributed by atoms with Gasteiger partial charge in [-0.3, -0.25) is 27.9 Å². The van der Waals surface area contributed by atoms with E-state index in [1.54, 1.807) is 31.3 Å². The van der Waals surface area contributed by atoms with Crippen LogP contribution < -0.4 is 10.6 Å². The third-order valence-corrected chi connectivity index (χ3v) is 19.0. The van der Waals surface area contributed by atoms with E-state index >= 15 is 0 Å². The normalized spacial score (nSPS) is 28.4. The summed E-state index contributed by atoms with van der Waals surface area (Å²) >= 11 is 0. The number of nitrogens with zero attached hydrogens (tertiary/aromatic N) is 3. The lowest BCUT2D eigenvalue weighted by molar-refractivity contribution is -0.349. The van der Waals surface area contributed by atoms with Crippen LogP contribution in [0.5, 0.6) is 0 Å². The summed E-state index contributed by atoms with van der Waals surface area (Å²) in [5.74, 6) is -4.85. The molecule has 11 N–H and O–H groups in total. The topological polar surface area (TPSA) is 463 Å². The molecule has 33 heteroatoms. The first-order valence-electron chi connectivity index (χ1n) is 29.1. The number of carboxylic acids is 1. The highest BCUT2D eigenvalue weighted by atomic mass is 32.2. The van der Waals surface area contributed by atoms with Gasteiger partial charge in [0.2, 0.25) is 11.8 Å². The Morgan fingerprint density at radius 3 is 2.10 bits per heavy atom. The third kappa shape index (κ3) is 17.7. The van der Waals surface area contributed by atoms with E-state index < -0.39 is 183 Å². The summed E-state index contributed by atoms with van der Waals surface area (Å²) in [4.78, 5) is 51.1. The van der Waals surface area contributed by atoms with Gasteiger partial charge in [-0.25, -0.2) is 9.59 Å². The predicted octanol–water partition coefficient (Wildman–Crippen LogP) is 1.79. The number of hydrogen-bond acceptors (Lipinski definition) is 23. The number of anilines is 1. The Morgan fingerprint density at radius 1 is 0.764 bits per heavy atom. The molecule has 3 heterocycles. The van der Waals surface area contributed by atoms with Gasteiger partial charge in [0.05, 0.1) is 51.7 Å². The number of carbonyl (C=O) groups excluding carboxylic acids is 3. The Balaban J connectivity index is 0.918. The van der Waals surface area contributed by atoms with E-state index in [1.165, 1.54) is 23.7 Å². The number of aliphatic carboxylic acids is 1. The fourth-order valence-electron chi connectivity index (χ4n) is 11.8. The monoisotopic (exact) mass is 1310 g/mol. The number of aliphatic hydroxyl groups is 5. The van der Waals surface area contributed by atoms with Crippen LogP contribution in [0.15, 0.2) is 75.5 Å². The summed E-state index contributed by atoms with van der Waals surface area (Å²) in [5, 5.41) is 77.7. The molecule has 2 saturated heterocycles. The average Bonchev–Trinajstić information content (AvgIpc) is 1.11. The van der Waals surface area contributed by atoms with Gasteiger partial charge in [-0.2, -0.15) is 25.3 Å². The molecule has 2 aliphatic heterocycles. The number of ether oxygens (including phenoxy) is 6. The molecule has 4 fully saturated rings. The Hall–Kier alpha value is -5.73. The number of aliphatic hydroxyl groups excluding tert-OH is 5. The van der Waals surface area contributed by atoms with Gasteiger partial charge in [-0.15, -0.1) is 5.10 Å². The molecule has 0 spiro atoms. The number of hydrogen-bond donors (Lipinski definition) is 11. The molecule has 0 radical (unpaired) electrons. The largest absolute Gasteiger partial charge is 0.479 e. The Bertz CT molecular complexity index is 3480. The van der Waals surface area contributed by atoms with E-state index in [2.05, 4.69) is 20.9 Å². The van der Waals surface area contributed by atoms with E-state index in [9.17, 15) is 88.7 Å². The highest BCUT2D eigenvalue weighted by molar-refractivity contribution is 7.87. The van der Waals surface area contributed by atoms with Crippen LogP contribution in [0, 0.1) is 17.8 Å². The van der Waals surface area contributed by atoms with Gasteiger partial charge < -0.3 is 69.7 Å². The first-order chi connectivity index (χ1) is 42.0. The van der Waals surface area contributed by atoms with E-state index in [0.29, 0.717) is 49.2 Å². The number of fused-ring (bicyclic) bond motifs is 1. The molecule has 2 aliphatic carbocycles. The zero-order chi connectivity index (χ0) is 64.7. The van der Waals surface area contributed by atoms with Crippen molar-refractivity contribution in [3.8, 4) is 0 Å². The van der Waals surface area contributed by atoms with Gasteiger partial charge in [0.1, 0.15) is 41.5 Å². The lowest BCUT2D eigenvalue weighted by Crippen LogP contribution is -2.64. The highest BCUT2D eigenvalue weighted by Gasteiger charge is 2.54. The number of aromatic nitrogens is 3. The summed E-state index contributed by atoms with van der Waals surface area (Å²) in [6, 6.07) is 10.3. The summed E-state index contributed by atoms with van der Waals surface area (Å²) < 4.78 is 141. The fourth-order valence-corrected chi connectivity index (χ4v) is 13.7. The zero-order valence-corrected chi connectivity index (χ0v) is 50.9. The molecule has 2 saturated carbocycles. The Kier molecular flexibility index (Phi) is 23.1. The van der Waals surface area contributed by atoms with Crippen molar-refractivity contribution in [3.05, 3.63) is 72.1 Å². The number of aryl methyl sites for hydroxylation is 2. The highest BCUT2D eigenvalue weighted by Crippen LogP contribution is 2.40. The lowest BCUT2D eigenvalue weighted by atomic mass is 9.77. The molecule has 89 heavy (non-hydrogen) atoms. The van der Waals surface area contributed by atoms with Crippen LogP contribution in [-0.4, -0.2) is 201 Å². The maximum Gasteiger partial charge on any atom is 0.338 e. The number of unbranched alkanes of at least 4 members (excludes halogenated alkanes) is 1. The summed E-state index contributed by atoms with van der Waals surface area (Å²) in [6.07, 6.45) is -12.5. The first kappa shape index (κ1) is 69.2. The standard InChI is InChI=1S/C56H75N5O25S3/c1-29-20-34(52(68)57-18-11-16-35-27-61(60-59-35)19-10-9-17-43(63)58-38-25-36(87(72,73)74)22-33-23-37(88(75,76)77)26-42(44(33)38)89(78,79)80)24-39(49(29)86-55-48(67)47(66)45(64)30(2)81-55)83-56-51(85-54(71)32-14-7-4-8-15-32)50(46(65)41(28-62)84-56)82-40(53(69)70)21-31-12-5-3-6-13-31/h4,7-8,14-15,22-23,25-27,29-31,34,39-41,45-51,55-56,62,64-67H,3,5-6,9-13,16-21,24,28H2,1-2H3,(H,57,68)(H,58,63)(H,69,70)(H,72,73,74)(H,75,76,77)(H,78,79,80)/t29?,30?,34?,39?,40-,41?,45?,46?,47?,48?,49?,50?,51?,55?,56?/m0/s1. The van der Waals surface area contributed by atoms with E-state index in [4.69, 9.17) is 28.4 Å². The van der Waals surface area contributed by atoms with Crippen LogP contribution in [0.25, 0.3) is 10.8 Å². The SMILES string of the molecule is CC1CC(C(=O)NCCCc2cn(CCCCC(=O)Nc3cc(S(=O)(=O)O)cc4cc(S(=O)(=O)O)cc(S(=O)(=O)O)c34)nn2)CC(OC2OC(CO)C(O)C(O[C@@H](CC3CCCCC3)C(=O)O)C2OC(=O)c2ccccc2)C1OC1OC(C)C(O)C(O)C1O. The molecule has 30 nitrogen and oxygen atoms in total. The van der Waals surface area contributed by atoms with Gasteiger partial charge >= 0.3 is 11.9 Å². The number of rotatable bonds is 26. The third-order valence-electron chi connectivity index (χ3n) is 16.4. The molecule has 2 amide bonds. The van der Waals surface area contributed by atoms with E-state index in [-0.39, 0.29) is 56.7 Å². The summed E-state index contributed by atoms with van der Waals surface area (Å²) in [6.45, 7) is 2.78. The first-order valence-corrected chi connectivity index (χ1v) is 33.4. The number of carboxylic acid groups (broad SMARTS) is 1. The zero-order valence-electron chi connectivity index (χ0n) is 48.4. The van der Waals surface area contributed by atoms with Crippen molar-refractivity contribution >= 4 is 70.6 Å². The van der Waals surface area contributed by atoms with Crippen LogP contribution in [0.3, 0.4) is 0 Å². The van der Waals surface area contributed by atoms with Crippen molar-refractivity contribution in [1.82, 2.24) is 20.3 Å². The number of nitrogens with one attached hydrogen (secondary N) is 2. The van der Waals surface area contributed by atoms with Gasteiger partial charge in [0.25, 0.3) is 30.4 Å². The van der Waals surface area contributed by atoms with Gasteiger partial charge in [0, 0.05) is 37.0 Å². The molecule has 4 aromatic rings. The number of amides is 2. The van der Waals surface area contributed by atoms with Crippen molar-refractivity contribution in [1.29, 1.82) is 0 Å². The van der Waals surface area contributed by atoms with Crippen molar-refractivity contribution in [2.45, 2.75) is 198 Å². The minimum Gasteiger partial charge on any atom is -0.479 e. The maximum atomic E-state index is 14.2. The van der Waals surface area contributed by atoms with Crippen LogP contribution in [0.2, 0.25) is 0 Å². The second-order valence-electron chi connectivity index (χ2n) is 23.0. The van der Waals surface area contributed by atoms with Crippen molar-refractivity contribution in [2.75, 3.05) is 18.5 Å². The smallest absolute Gasteiger partial charge is 0.338 e. The van der Waals surface area contributed by atoms with Crippen molar-refractivity contribution < 1.29 is 117 Å². The number of benzene rings is 3. The van der Waals surface area contributed by atoms with E-state index in [1.807, 2.05) is 0 Å². The minimum atomic E-state index is -5.27. The number of esters is 1. The molecule has 4 aliphatic rings. The molecule has 14 unspecified atom stereocenters. The maximum absolute atomic E-state index is 14.2. The van der Waals surface area contributed by atoms with Crippen LogP contribution >= 0.6 is 0 Å². The molecule has 8 rings (SSSR count). The van der Waals surface area contributed by atoms with Crippen molar-refractivity contribution in [3.63, 3.8) is 0 Å². The molecule has 3 aromatic carbocycles. The summed E-state index contributed by atoms with van der Waals surface area (Å²) in [5.41, 5.74) is 0.0930. The molecule has 492 valence electrons. The Morgan fingerprint density at radius 2 is 1.45 bits per heavy atom. The van der Waals surface area contributed by atoms with Crippen LogP contribution in [0.4, 0.5) is 5.69 Å². The van der Waals surface area contributed by atoms with Crippen LogP contribution in [0.1, 0.15) is 107 Å².